The van der Waals surface area contributed by atoms with E-state index in [0.29, 0.717) is 12.8 Å². The number of carbonyl (C=O) groups is 1. The Kier molecular flexibility index (Phi) is 3.64. The molecule has 0 radical (unpaired) electrons. The van der Waals surface area contributed by atoms with E-state index in [1.165, 1.54) is 0 Å². The van der Waals surface area contributed by atoms with E-state index in [9.17, 15) is 17.6 Å². The van der Waals surface area contributed by atoms with Crippen molar-refractivity contribution in [3.05, 3.63) is 29.6 Å². The highest BCUT2D eigenvalue weighted by atomic mass is 32.2. The number of nitrogens with zero attached hydrogens (tertiary/aromatic N) is 2. The van der Waals surface area contributed by atoms with Crippen molar-refractivity contribution in [3.8, 4) is 6.07 Å². The first-order valence-electron chi connectivity index (χ1n) is 5.66. The van der Waals surface area contributed by atoms with E-state index in [0.717, 1.165) is 22.5 Å². The van der Waals surface area contributed by atoms with Crippen molar-refractivity contribution in [2.45, 2.75) is 17.7 Å². The number of sulfonamides is 1. The van der Waals surface area contributed by atoms with Crippen LogP contribution < -0.4 is 0 Å². The molecule has 19 heavy (non-hydrogen) atoms. The maximum Gasteiger partial charge on any atom is 0.243 e. The highest BCUT2D eigenvalue weighted by Crippen LogP contribution is 2.21. The lowest BCUT2D eigenvalue weighted by atomic mass is 10.1. The third-order valence-corrected chi connectivity index (χ3v) is 4.75. The van der Waals surface area contributed by atoms with Crippen molar-refractivity contribution in [3.63, 3.8) is 0 Å². The molecule has 1 aromatic carbocycles. The van der Waals surface area contributed by atoms with Gasteiger partial charge in [0.15, 0.2) is 0 Å². The van der Waals surface area contributed by atoms with Crippen molar-refractivity contribution >= 4 is 15.8 Å². The fraction of sp³-hybridized carbons (Fsp3) is 0.333. The topological polar surface area (TPSA) is 78.2 Å². The van der Waals surface area contributed by atoms with Crippen LogP contribution in [0.15, 0.2) is 23.1 Å². The molecular formula is C12H11FN2O3S. The van der Waals surface area contributed by atoms with Crippen LogP contribution in [-0.4, -0.2) is 31.6 Å². The van der Waals surface area contributed by atoms with Gasteiger partial charge in [-0.15, -0.1) is 0 Å². The van der Waals surface area contributed by atoms with E-state index < -0.39 is 15.8 Å². The van der Waals surface area contributed by atoms with Gasteiger partial charge in [-0.3, -0.25) is 4.79 Å². The summed E-state index contributed by atoms with van der Waals surface area (Å²) in [5.74, 6) is -0.909. The van der Waals surface area contributed by atoms with E-state index in [1.54, 1.807) is 6.07 Å². The van der Waals surface area contributed by atoms with Crippen molar-refractivity contribution in [2.75, 3.05) is 13.1 Å². The first-order chi connectivity index (χ1) is 8.95. The molecule has 1 saturated heterocycles. The molecule has 0 spiro atoms. The molecule has 5 nitrogen and oxygen atoms in total. The van der Waals surface area contributed by atoms with Crippen molar-refractivity contribution in [2.24, 2.45) is 0 Å². The zero-order valence-corrected chi connectivity index (χ0v) is 10.8. The smallest absolute Gasteiger partial charge is 0.243 e. The van der Waals surface area contributed by atoms with Gasteiger partial charge in [0.2, 0.25) is 10.0 Å². The van der Waals surface area contributed by atoms with Crippen LogP contribution >= 0.6 is 0 Å². The van der Waals surface area contributed by atoms with Gasteiger partial charge in [-0.2, -0.15) is 9.57 Å². The second kappa shape index (κ2) is 5.07. The van der Waals surface area contributed by atoms with E-state index in [1.807, 2.05) is 0 Å². The summed E-state index contributed by atoms with van der Waals surface area (Å²) in [6.45, 7) is 0.0922. The molecule has 1 aromatic rings. The van der Waals surface area contributed by atoms with Gasteiger partial charge in [0, 0.05) is 13.0 Å². The fourth-order valence-electron chi connectivity index (χ4n) is 1.91. The molecule has 7 heteroatoms. The predicted molar refractivity (Wildman–Crippen MR) is 64.1 cm³/mol. The highest BCUT2D eigenvalue weighted by Gasteiger charge is 2.29. The summed E-state index contributed by atoms with van der Waals surface area (Å²) in [6, 6.07) is 4.63. The number of hydrogen-bond acceptors (Lipinski definition) is 4. The Morgan fingerprint density at radius 2 is 2.11 bits per heavy atom. The molecule has 1 fully saturated rings. The second-order valence-corrected chi connectivity index (χ2v) is 6.17. The Morgan fingerprint density at radius 1 is 1.37 bits per heavy atom. The predicted octanol–water partition coefficient (Wildman–Crippen LogP) is 1.05. The lowest BCUT2D eigenvalue weighted by molar-refractivity contribution is -0.120. The van der Waals surface area contributed by atoms with Crippen LogP contribution in [0.3, 0.4) is 0 Å². The molecule has 0 bridgehead atoms. The number of Topliss-reactive ketones (excluding diaryl/α,β-unsaturated/α-hetero) is 1. The van der Waals surface area contributed by atoms with E-state index in [-0.39, 0.29) is 29.3 Å². The number of nitriles is 1. The SMILES string of the molecule is N#Cc1cc(S(=O)(=O)N2CCCC(=O)C2)ccc1F. The van der Waals surface area contributed by atoms with Crippen LogP contribution in [-0.2, 0) is 14.8 Å². The first kappa shape index (κ1) is 13.6. The molecule has 0 aromatic heterocycles. The Hall–Kier alpha value is -1.78. The van der Waals surface area contributed by atoms with Crippen LogP contribution in [0.4, 0.5) is 4.39 Å². The number of hydrogen-bond donors (Lipinski definition) is 0. The van der Waals surface area contributed by atoms with Crippen LogP contribution in [0.5, 0.6) is 0 Å². The molecule has 0 saturated carbocycles. The Balaban J connectivity index is 2.39. The molecule has 0 N–H and O–H groups in total. The quantitative estimate of drug-likeness (QED) is 0.812. The molecule has 1 aliphatic heterocycles. The molecule has 0 unspecified atom stereocenters. The number of ketones is 1. The van der Waals surface area contributed by atoms with E-state index >= 15 is 0 Å². The van der Waals surface area contributed by atoms with Gasteiger partial charge in [0.25, 0.3) is 0 Å². The maximum atomic E-state index is 13.2. The van der Waals surface area contributed by atoms with Gasteiger partial charge in [0.05, 0.1) is 17.0 Å². The van der Waals surface area contributed by atoms with Crippen LogP contribution in [0, 0.1) is 17.1 Å². The average molecular weight is 282 g/mol. The summed E-state index contributed by atoms with van der Waals surface area (Å²) in [5, 5.41) is 8.71. The number of benzene rings is 1. The Morgan fingerprint density at radius 3 is 2.74 bits per heavy atom. The standard InChI is InChI=1S/C12H11FN2O3S/c13-12-4-3-11(6-9(12)7-14)19(17,18)15-5-1-2-10(16)8-15/h3-4,6H,1-2,5,8H2. The van der Waals surface area contributed by atoms with Crippen LogP contribution in [0.2, 0.25) is 0 Å². The third-order valence-electron chi connectivity index (χ3n) is 2.91. The zero-order valence-electron chi connectivity index (χ0n) is 9.97. The second-order valence-electron chi connectivity index (χ2n) is 4.23. The maximum absolute atomic E-state index is 13.2. The fourth-order valence-corrected chi connectivity index (χ4v) is 3.40. The summed E-state index contributed by atoms with van der Waals surface area (Å²) in [4.78, 5) is 11.1. The lowest BCUT2D eigenvalue weighted by Gasteiger charge is -2.25. The number of piperidine rings is 1. The van der Waals surface area contributed by atoms with Crippen molar-refractivity contribution in [1.29, 1.82) is 5.26 Å². The first-order valence-corrected chi connectivity index (χ1v) is 7.10. The number of halogens is 1. The molecule has 1 heterocycles. The molecule has 0 amide bonds. The highest BCUT2D eigenvalue weighted by molar-refractivity contribution is 7.89. The largest absolute Gasteiger partial charge is 0.298 e. The lowest BCUT2D eigenvalue weighted by Crippen LogP contribution is -2.40. The molecular weight excluding hydrogens is 271 g/mol. The monoisotopic (exact) mass is 282 g/mol. The Bertz CT molecular complexity index is 664. The van der Waals surface area contributed by atoms with Crippen LogP contribution in [0.25, 0.3) is 0 Å². The summed E-state index contributed by atoms with van der Waals surface area (Å²) in [6.07, 6.45) is 0.850. The van der Waals surface area contributed by atoms with Crippen molar-refractivity contribution in [1.82, 2.24) is 4.31 Å². The van der Waals surface area contributed by atoms with Gasteiger partial charge in [-0.05, 0) is 24.6 Å². The van der Waals surface area contributed by atoms with E-state index in [4.69, 9.17) is 5.26 Å². The third kappa shape index (κ3) is 2.64. The molecule has 0 aliphatic carbocycles. The molecule has 2 rings (SSSR count). The van der Waals surface area contributed by atoms with Gasteiger partial charge in [-0.1, -0.05) is 0 Å². The normalized spacial score (nSPS) is 17.2. The minimum absolute atomic E-state index is 0.141. The summed E-state index contributed by atoms with van der Waals surface area (Å²) in [5.41, 5.74) is -0.329. The molecule has 0 atom stereocenters. The summed E-state index contributed by atoms with van der Waals surface area (Å²) < 4.78 is 38.7. The summed E-state index contributed by atoms with van der Waals surface area (Å²) >= 11 is 0. The van der Waals surface area contributed by atoms with Crippen molar-refractivity contribution < 1.29 is 17.6 Å². The summed E-state index contributed by atoms with van der Waals surface area (Å²) in [7, 11) is -3.85. The molecule has 1 aliphatic rings. The Labute approximate surface area is 110 Å². The molecule has 100 valence electrons. The van der Waals surface area contributed by atoms with Gasteiger partial charge in [0.1, 0.15) is 17.7 Å². The minimum Gasteiger partial charge on any atom is -0.298 e. The zero-order chi connectivity index (χ0) is 14.0. The van der Waals surface area contributed by atoms with Gasteiger partial charge < -0.3 is 0 Å². The van der Waals surface area contributed by atoms with Crippen LogP contribution in [0.1, 0.15) is 18.4 Å². The average Bonchev–Trinajstić information content (AvgIpc) is 2.39. The van der Waals surface area contributed by atoms with Gasteiger partial charge >= 0.3 is 0 Å². The number of carbonyl (C=O) groups excluding carboxylic acids is 1. The van der Waals surface area contributed by atoms with Gasteiger partial charge in [-0.25, -0.2) is 12.8 Å². The number of rotatable bonds is 2. The minimum atomic E-state index is -3.85. The van der Waals surface area contributed by atoms with E-state index in [2.05, 4.69) is 0 Å².